The number of aryl methyl sites for hydroxylation is 3. The molecule has 144 valence electrons. The minimum atomic E-state index is 0.121. The van der Waals surface area contributed by atoms with Crippen molar-refractivity contribution in [2.75, 3.05) is 5.75 Å². The summed E-state index contributed by atoms with van der Waals surface area (Å²) in [6.07, 6.45) is 4.25. The number of ketones is 1. The van der Waals surface area contributed by atoms with Crippen LogP contribution in [0.5, 0.6) is 0 Å². The maximum Gasteiger partial charge on any atom is 0.174 e. The van der Waals surface area contributed by atoms with Crippen LogP contribution in [0.1, 0.15) is 26.6 Å². The molecule has 4 aromatic rings. The standard InChI is InChI=1S/C20H21N5OS2/c1-13-9-16(14(2)25(13)7-6-15-5-4-8-27-15)18(26)11-28-20-17-10-23-24(3)19(17)21-12-22-20/h4-5,8-10,12H,6-7,11H2,1-3H3. The Morgan fingerprint density at radius 3 is 2.93 bits per heavy atom. The first-order chi connectivity index (χ1) is 13.5. The van der Waals surface area contributed by atoms with Gasteiger partial charge in [0.15, 0.2) is 11.4 Å². The quantitative estimate of drug-likeness (QED) is 0.261. The zero-order valence-electron chi connectivity index (χ0n) is 16.0. The highest BCUT2D eigenvalue weighted by atomic mass is 32.2. The highest BCUT2D eigenvalue weighted by molar-refractivity contribution is 8.00. The number of rotatable bonds is 7. The van der Waals surface area contributed by atoms with Gasteiger partial charge in [-0.1, -0.05) is 17.8 Å². The van der Waals surface area contributed by atoms with Gasteiger partial charge < -0.3 is 4.57 Å². The highest BCUT2D eigenvalue weighted by Gasteiger charge is 2.17. The van der Waals surface area contributed by atoms with Crippen molar-refractivity contribution >= 4 is 39.9 Å². The van der Waals surface area contributed by atoms with E-state index in [1.54, 1.807) is 22.2 Å². The molecule has 0 fully saturated rings. The molecule has 0 aliphatic rings. The molecule has 0 saturated carbocycles. The fourth-order valence-corrected chi connectivity index (χ4v) is 4.91. The fraction of sp³-hybridized carbons (Fsp3) is 0.300. The smallest absolute Gasteiger partial charge is 0.174 e. The molecule has 0 aromatic carbocycles. The van der Waals surface area contributed by atoms with Gasteiger partial charge in [-0.3, -0.25) is 9.48 Å². The largest absolute Gasteiger partial charge is 0.348 e. The molecule has 4 aromatic heterocycles. The lowest BCUT2D eigenvalue weighted by Gasteiger charge is -2.09. The summed E-state index contributed by atoms with van der Waals surface area (Å²) < 4.78 is 3.95. The topological polar surface area (TPSA) is 65.6 Å². The first-order valence-corrected chi connectivity index (χ1v) is 10.9. The van der Waals surface area contributed by atoms with E-state index >= 15 is 0 Å². The predicted octanol–water partition coefficient (Wildman–Crippen LogP) is 4.06. The lowest BCUT2D eigenvalue weighted by atomic mass is 10.2. The maximum atomic E-state index is 12.9. The van der Waals surface area contributed by atoms with Crippen LogP contribution >= 0.6 is 23.1 Å². The van der Waals surface area contributed by atoms with Gasteiger partial charge in [-0.2, -0.15) is 5.10 Å². The lowest BCUT2D eigenvalue weighted by Crippen LogP contribution is -2.08. The maximum absolute atomic E-state index is 12.9. The van der Waals surface area contributed by atoms with Crippen molar-refractivity contribution in [3.8, 4) is 0 Å². The zero-order valence-corrected chi connectivity index (χ0v) is 17.7. The molecule has 8 heteroatoms. The van der Waals surface area contributed by atoms with Crippen LogP contribution < -0.4 is 0 Å². The molecule has 0 atom stereocenters. The number of hydrogen-bond donors (Lipinski definition) is 0. The van der Waals surface area contributed by atoms with Gasteiger partial charge >= 0.3 is 0 Å². The summed E-state index contributed by atoms with van der Waals surface area (Å²) in [6.45, 7) is 4.99. The minimum Gasteiger partial charge on any atom is -0.348 e. The summed E-state index contributed by atoms with van der Waals surface area (Å²) >= 11 is 3.21. The Kier molecular flexibility index (Phi) is 5.32. The predicted molar refractivity (Wildman–Crippen MR) is 113 cm³/mol. The van der Waals surface area contributed by atoms with E-state index in [1.165, 1.54) is 23.0 Å². The van der Waals surface area contributed by atoms with Crippen LogP contribution in [0.15, 0.2) is 41.1 Å². The van der Waals surface area contributed by atoms with Crippen LogP contribution in [-0.2, 0) is 20.0 Å². The molecule has 0 spiro atoms. The lowest BCUT2D eigenvalue weighted by molar-refractivity contribution is 0.102. The van der Waals surface area contributed by atoms with Crippen molar-refractivity contribution in [3.05, 3.63) is 57.9 Å². The van der Waals surface area contributed by atoms with Crippen molar-refractivity contribution in [3.63, 3.8) is 0 Å². The Balaban J connectivity index is 1.48. The van der Waals surface area contributed by atoms with Crippen molar-refractivity contribution < 1.29 is 4.79 Å². The molecule has 0 amide bonds. The van der Waals surface area contributed by atoms with E-state index in [0.717, 1.165) is 46.0 Å². The van der Waals surface area contributed by atoms with E-state index in [-0.39, 0.29) is 5.78 Å². The zero-order chi connectivity index (χ0) is 19.7. The molecular formula is C20H21N5OS2. The third-order valence-electron chi connectivity index (χ3n) is 4.87. The van der Waals surface area contributed by atoms with Gasteiger partial charge in [-0.25, -0.2) is 9.97 Å². The van der Waals surface area contributed by atoms with Crippen LogP contribution in [-0.4, -0.2) is 35.9 Å². The molecular weight excluding hydrogens is 390 g/mol. The van der Waals surface area contributed by atoms with Gasteiger partial charge in [0.1, 0.15) is 11.4 Å². The molecule has 0 radical (unpaired) electrons. The Morgan fingerprint density at radius 2 is 2.14 bits per heavy atom. The average molecular weight is 412 g/mol. The molecule has 0 aliphatic carbocycles. The van der Waals surface area contributed by atoms with Crippen molar-refractivity contribution in [1.82, 2.24) is 24.3 Å². The molecule has 0 unspecified atom stereocenters. The van der Waals surface area contributed by atoms with E-state index in [1.807, 2.05) is 20.0 Å². The van der Waals surface area contributed by atoms with Gasteiger partial charge in [-0.15, -0.1) is 11.3 Å². The number of carbonyl (C=O) groups is 1. The number of thioether (sulfide) groups is 1. The first-order valence-electron chi connectivity index (χ1n) is 9.02. The fourth-order valence-electron chi connectivity index (χ4n) is 3.37. The van der Waals surface area contributed by atoms with Crippen molar-refractivity contribution in [2.45, 2.75) is 31.8 Å². The van der Waals surface area contributed by atoms with E-state index < -0.39 is 0 Å². The minimum absolute atomic E-state index is 0.121. The van der Waals surface area contributed by atoms with E-state index in [0.29, 0.717) is 5.75 Å². The van der Waals surface area contributed by atoms with Crippen molar-refractivity contribution in [1.29, 1.82) is 0 Å². The van der Waals surface area contributed by atoms with Crippen LogP contribution in [0, 0.1) is 13.8 Å². The van der Waals surface area contributed by atoms with Gasteiger partial charge in [0.25, 0.3) is 0 Å². The Bertz CT molecular complexity index is 1130. The summed E-state index contributed by atoms with van der Waals surface area (Å²) in [7, 11) is 1.85. The van der Waals surface area contributed by atoms with Gasteiger partial charge in [0, 0.05) is 35.4 Å². The number of thiophene rings is 1. The summed E-state index contributed by atoms with van der Waals surface area (Å²) in [6, 6.07) is 6.24. The number of Topliss-reactive ketones (excluding diaryl/α,β-unsaturated/α-hetero) is 1. The Morgan fingerprint density at radius 1 is 1.29 bits per heavy atom. The normalized spacial score (nSPS) is 11.4. The van der Waals surface area contributed by atoms with Gasteiger partial charge in [0.2, 0.25) is 0 Å². The van der Waals surface area contributed by atoms with E-state index in [2.05, 4.69) is 44.1 Å². The van der Waals surface area contributed by atoms with Crippen LogP contribution in [0.4, 0.5) is 0 Å². The first kappa shape index (κ1) is 18.9. The van der Waals surface area contributed by atoms with Crippen LogP contribution in [0.2, 0.25) is 0 Å². The number of carbonyl (C=O) groups excluding carboxylic acids is 1. The van der Waals surface area contributed by atoms with Gasteiger partial charge in [0.05, 0.1) is 17.3 Å². The van der Waals surface area contributed by atoms with Crippen LogP contribution in [0.3, 0.4) is 0 Å². The van der Waals surface area contributed by atoms with E-state index in [4.69, 9.17) is 0 Å². The Labute approximate surface area is 171 Å². The molecule has 0 N–H and O–H groups in total. The average Bonchev–Trinajstić information content (AvgIpc) is 3.40. The van der Waals surface area contributed by atoms with Crippen LogP contribution in [0.25, 0.3) is 11.0 Å². The molecule has 4 heterocycles. The Hall–Kier alpha value is -2.45. The molecule has 4 rings (SSSR count). The number of aromatic nitrogens is 5. The number of fused-ring (bicyclic) bond motifs is 1. The third-order valence-corrected chi connectivity index (χ3v) is 6.81. The van der Waals surface area contributed by atoms with E-state index in [9.17, 15) is 4.79 Å². The third kappa shape index (κ3) is 3.62. The summed E-state index contributed by atoms with van der Waals surface area (Å²) in [4.78, 5) is 22.8. The molecule has 0 aliphatic heterocycles. The van der Waals surface area contributed by atoms with Crippen molar-refractivity contribution in [2.24, 2.45) is 7.05 Å². The molecule has 6 nitrogen and oxygen atoms in total. The summed E-state index contributed by atoms with van der Waals surface area (Å²) in [5.41, 5.74) is 3.73. The molecule has 0 saturated heterocycles. The molecule has 28 heavy (non-hydrogen) atoms. The second-order valence-corrected chi connectivity index (χ2v) is 8.66. The highest BCUT2D eigenvalue weighted by Crippen LogP contribution is 2.26. The monoisotopic (exact) mass is 411 g/mol. The second-order valence-electron chi connectivity index (χ2n) is 6.66. The second kappa shape index (κ2) is 7.89. The summed E-state index contributed by atoms with van der Waals surface area (Å²) in [5, 5.41) is 7.99. The number of nitrogens with zero attached hydrogens (tertiary/aromatic N) is 5. The summed E-state index contributed by atoms with van der Waals surface area (Å²) in [5.74, 6) is 0.465. The number of hydrogen-bond acceptors (Lipinski definition) is 6. The SMILES string of the molecule is Cc1cc(C(=O)CSc2ncnc3c2cnn3C)c(C)n1CCc1cccs1. The van der Waals surface area contributed by atoms with Gasteiger partial charge in [-0.05, 0) is 37.8 Å². The molecule has 0 bridgehead atoms.